The average molecular weight is 508 g/mol. The van der Waals surface area contributed by atoms with E-state index in [2.05, 4.69) is 10.6 Å². The summed E-state index contributed by atoms with van der Waals surface area (Å²) < 4.78 is 0. The van der Waals surface area contributed by atoms with Crippen LogP contribution in [0.25, 0.3) is 10.4 Å². The van der Waals surface area contributed by atoms with E-state index in [1.54, 1.807) is 36.4 Å². The fourth-order valence-electron chi connectivity index (χ4n) is 4.55. The third-order valence-electron chi connectivity index (χ3n) is 6.66. The Kier molecular flexibility index (Phi) is 6.06. The van der Waals surface area contributed by atoms with Crippen LogP contribution < -0.4 is 15.5 Å². The summed E-state index contributed by atoms with van der Waals surface area (Å²) >= 11 is 1.49. The molecule has 37 heavy (non-hydrogen) atoms. The summed E-state index contributed by atoms with van der Waals surface area (Å²) in [6.07, 6.45) is 2.77. The summed E-state index contributed by atoms with van der Waals surface area (Å²) in [6.45, 7) is 0.510. The largest absolute Gasteiger partial charge is 0.349 e. The number of nitrogens with one attached hydrogen (secondary N) is 2. The predicted molar refractivity (Wildman–Crippen MR) is 146 cm³/mol. The lowest BCUT2D eigenvalue weighted by Gasteiger charge is -2.23. The van der Waals surface area contributed by atoms with Gasteiger partial charge in [-0.15, -0.1) is 11.3 Å². The molecule has 0 unspecified atom stereocenters. The maximum Gasteiger partial charge on any atom is 0.261 e. The van der Waals surface area contributed by atoms with Crippen molar-refractivity contribution in [2.75, 3.05) is 16.8 Å². The summed E-state index contributed by atoms with van der Waals surface area (Å²) in [6, 6.07) is 26.2. The normalized spacial score (nSPS) is 14.2. The fourth-order valence-corrected chi connectivity index (χ4v) is 5.70. The SMILES string of the molecule is O=C(Nc1ccc(C(=O)N2CCc3cc(C(=O)NC4CC4)sc3-c3ccccc32)cc1)c1ccccc1. The molecule has 1 saturated carbocycles. The molecule has 0 spiro atoms. The van der Waals surface area contributed by atoms with Crippen LogP contribution in [0.4, 0.5) is 11.4 Å². The van der Waals surface area contributed by atoms with E-state index >= 15 is 0 Å². The number of rotatable bonds is 5. The first-order chi connectivity index (χ1) is 18.1. The van der Waals surface area contributed by atoms with Crippen LogP contribution in [-0.4, -0.2) is 30.3 Å². The van der Waals surface area contributed by atoms with Gasteiger partial charge in [0.05, 0.1) is 10.6 Å². The molecule has 3 amide bonds. The molecule has 4 aromatic rings. The highest BCUT2D eigenvalue weighted by Crippen LogP contribution is 2.42. The molecule has 0 saturated heterocycles. The Morgan fingerprint density at radius 3 is 2.30 bits per heavy atom. The lowest BCUT2D eigenvalue weighted by Crippen LogP contribution is -2.32. The van der Waals surface area contributed by atoms with Gasteiger partial charge in [0, 0.05) is 39.8 Å². The Bertz CT molecular complexity index is 1490. The first kappa shape index (κ1) is 23.2. The van der Waals surface area contributed by atoms with Gasteiger partial charge >= 0.3 is 0 Å². The van der Waals surface area contributed by atoms with Crippen LogP contribution in [0.1, 0.15) is 48.8 Å². The van der Waals surface area contributed by atoms with Crippen molar-refractivity contribution >= 4 is 40.4 Å². The molecule has 2 aliphatic rings. The second-order valence-corrected chi connectivity index (χ2v) is 10.4. The van der Waals surface area contributed by atoms with E-state index in [9.17, 15) is 14.4 Å². The van der Waals surface area contributed by atoms with Crippen molar-refractivity contribution in [2.24, 2.45) is 0 Å². The Labute approximate surface area is 218 Å². The number of carbonyl (C=O) groups excluding carboxylic acids is 3. The highest BCUT2D eigenvalue weighted by molar-refractivity contribution is 7.17. The van der Waals surface area contributed by atoms with Crippen LogP contribution in [0.15, 0.2) is 84.9 Å². The minimum atomic E-state index is -0.197. The topological polar surface area (TPSA) is 78.5 Å². The summed E-state index contributed by atoms with van der Waals surface area (Å²) in [7, 11) is 0. The highest BCUT2D eigenvalue weighted by Gasteiger charge is 2.29. The van der Waals surface area contributed by atoms with Crippen LogP contribution in [0.5, 0.6) is 0 Å². The zero-order valence-electron chi connectivity index (χ0n) is 20.1. The maximum atomic E-state index is 13.6. The Morgan fingerprint density at radius 1 is 0.811 bits per heavy atom. The minimum absolute atomic E-state index is 0.00886. The van der Waals surface area contributed by atoms with Crippen molar-refractivity contribution < 1.29 is 14.4 Å². The average Bonchev–Trinajstić information content (AvgIpc) is 3.67. The molecule has 1 aliphatic carbocycles. The number of nitrogens with zero attached hydrogens (tertiary/aromatic N) is 1. The summed E-state index contributed by atoms with van der Waals surface area (Å²) in [5.74, 6) is -0.307. The molecular formula is C30H25N3O3S. The van der Waals surface area contributed by atoms with Crippen LogP contribution >= 0.6 is 11.3 Å². The molecule has 2 N–H and O–H groups in total. The number of para-hydroxylation sites is 1. The second kappa shape index (κ2) is 9.67. The number of thiophene rings is 1. The highest BCUT2D eigenvalue weighted by atomic mass is 32.1. The first-order valence-corrected chi connectivity index (χ1v) is 13.2. The molecule has 184 valence electrons. The van der Waals surface area contributed by atoms with Gasteiger partial charge in [-0.1, -0.05) is 36.4 Å². The number of amides is 3. The lowest BCUT2D eigenvalue weighted by molar-refractivity contribution is 0.0952. The zero-order valence-corrected chi connectivity index (χ0v) is 20.9. The van der Waals surface area contributed by atoms with E-state index in [1.165, 1.54) is 11.3 Å². The van der Waals surface area contributed by atoms with E-state index < -0.39 is 0 Å². The molecule has 1 aliphatic heterocycles. The Hall–Kier alpha value is -4.23. The van der Waals surface area contributed by atoms with E-state index in [0.29, 0.717) is 35.8 Å². The van der Waals surface area contributed by atoms with Crippen LogP contribution in [-0.2, 0) is 6.42 Å². The molecule has 2 heterocycles. The smallest absolute Gasteiger partial charge is 0.261 e. The van der Waals surface area contributed by atoms with Crippen molar-refractivity contribution in [3.05, 3.63) is 106 Å². The quantitative estimate of drug-likeness (QED) is 0.360. The van der Waals surface area contributed by atoms with Crippen molar-refractivity contribution in [1.82, 2.24) is 5.32 Å². The number of benzene rings is 3. The molecule has 6 nitrogen and oxygen atoms in total. The van der Waals surface area contributed by atoms with Gasteiger partial charge in [-0.2, -0.15) is 0 Å². The summed E-state index contributed by atoms with van der Waals surface area (Å²) in [5, 5.41) is 5.95. The van der Waals surface area contributed by atoms with Gasteiger partial charge in [0.15, 0.2) is 0 Å². The predicted octanol–water partition coefficient (Wildman–Crippen LogP) is 5.76. The molecule has 0 atom stereocenters. The summed E-state index contributed by atoms with van der Waals surface area (Å²) in [4.78, 5) is 42.3. The maximum absolute atomic E-state index is 13.6. The van der Waals surface area contributed by atoms with E-state index in [4.69, 9.17) is 0 Å². The van der Waals surface area contributed by atoms with Gasteiger partial charge in [-0.05, 0) is 73.4 Å². The minimum Gasteiger partial charge on any atom is -0.349 e. The van der Waals surface area contributed by atoms with Crippen molar-refractivity contribution in [3.8, 4) is 10.4 Å². The van der Waals surface area contributed by atoms with Crippen LogP contribution in [0, 0.1) is 0 Å². The Balaban J connectivity index is 1.23. The molecule has 3 aromatic carbocycles. The number of hydrogen-bond donors (Lipinski definition) is 2. The van der Waals surface area contributed by atoms with E-state index in [0.717, 1.165) is 39.4 Å². The molecule has 1 fully saturated rings. The van der Waals surface area contributed by atoms with Crippen molar-refractivity contribution in [3.63, 3.8) is 0 Å². The monoisotopic (exact) mass is 507 g/mol. The van der Waals surface area contributed by atoms with Crippen molar-refractivity contribution in [2.45, 2.75) is 25.3 Å². The fraction of sp³-hybridized carbons (Fsp3) is 0.167. The third kappa shape index (κ3) is 4.78. The van der Waals surface area contributed by atoms with Crippen LogP contribution in [0.2, 0.25) is 0 Å². The van der Waals surface area contributed by atoms with Gasteiger partial charge in [-0.3, -0.25) is 14.4 Å². The standard InChI is InChI=1S/C30H25N3O3S/c34-28(19-6-2-1-3-7-19)31-22-12-10-20(11-13-22)30(36)33-17-16-21-18-26(29(35)32-23-14-15-23)37-27(21)24-8-4-5-9-25(24)33/h1-13,18,23H,14-17H2,(H,31,34)(H,32,35). The van der Waals surface area contributed by atoms with Crippen LogP contribution in [0.3, 0.4) is 0 Å². The molecule has 0 bridgehead atoms. The third-order valence-corrected chi connectivity index (χ3v) is 7.87. The van der Waals surface area contributed by atoms with Gasteiger partial charge < -0.3 is 15.5 Å². The van der Waals surface area contributed by atoms with Gasteiger partial charge in [0.25, 0.3) is 17.7 Å². The number of carbonyl (C=O) groups is 3. The molecule has 1 aromatic heterocycles. The van der Waals surface area contributed by atoms with Crippen molar-refractivity contribution in [1.29, 1.82) is 0 Å². The molecular weight excluding hydrogens is 482 g/mol. The second-order valence-electron chi connectivity index (χ2n) is 9.33. The Morgan fingerprint density at radius 2 is 1.54 bits per heavy atom. The number of anilines is 2. The molecule has 6 rings (SSSR count). The van der Waals surface area contributed by atoms with E-state index in [-0.39, 0.29) is 17.7 Å². The van der Waals surface area contributed by atoms with Gasteiger partial charge in [-0.25, -0.2) is 0 Å². The van der Waals surface area contributed by atoms with Gasteiger partial charge in [0.1, 0.15) is 0 Å². The first-order valence-electron chi connectivity index (χ1n) is 12.4. The molecule has 7 heteroatoms. The zero-order chi connectivity index (χ0) is 25.4. The lowest BCUT2D eigenvalue weighted by atomic mass is 10.1. The number of hydrogen-bond acceptors (Lipinski definition) is 4. The number of fused-ring (bicyclic) bond motifs is 3. The summed E-state index contributed by atoms with van der Waals surface area (Å²) in [5.41, 5.74) is 4.63. The van der Waals surface area contributed by atoms with Gasteiger partial charge in [0.2, 0.25) is 0 Å². The van der Waals surface area contributed by atoms with E-state index in [1.807, 2.05) is 53.4 Å². The molecule has 0 radical (unpaired) electrons.